The maximum atomic E-state index is 11.2. The summed E-state index contributed by atoms with van der Waals surface area (Å²) in [4.78, 5) is 13.1. The van der Waals surface area contributed by atoms with Crippen LogP contribution in [0.15, 0.2) is 28.7 Å². The number of nitrogens with zero attached hydrogens (tertiary/aromatic N) is 4. The molecule has 0 saturated heterocycles. The van der Waals surface area contributed by atoms with Crippen molar-refractivity contribution in [3.05, 3.63) is 46.0 Å². The summed E-state index contributed by atoms with van der Waals surface area (Å²) in [5, 5.41) is 17.7. The van der Waals surface area contributed by atoms with E-state index in [2.05, 4.69) is 30.7 Å². The van der Waals surface area contributed by atoms with Crippen LogP contribution in [0.2, 0.25) is 0 Å². The minimum absolute atomic E-state index is 0.0191. The molecule has 0 bridgehead atoms. The SMILES string of the molecule is O=C(O)CN(Cc1cccc(Br)c1)Cc1nnc2n1CCCC2. The van der Waals surface area contributed by atoms with Crippen molar-refractivity contribution in [2.75, 3.05) is 6.54 Å². The standard InChI is InChI=1S/C16H19BrN4O2/c17-13-5-3-4-12(8-13)9-20(11-16(22)23)10-15-19-18-14-6-1-2-7-21(14)15/h3-5,8H,1-2,6-7,9-11H2,(H,22,23). The van der Waals surface area contributed by atoms with Crippen LogP contribution in [0.5, 0.6) is 0 Å². The number of hydrogen-bond donors (Lipinski definition) is 1. The van der Waals surface area contributed by atoms with Crippen LogP contribution in [0, 0.1) is 0 Å². The minimum atomic E-state index is -0.835. The fourth-order valence-corrected chi connectivity index (χ4v) is 3.38. The van der Waals surface area contributed by atoms with Gasteiger partial charge >= 0.3 is 5.97 Å². The summed E-state index contributed by atoms with van der Waals surface area (Å²) >= 11 is 3.45. The molecule has 0 radical (unpaired) electrons. The highest BCUT2D eigenvalue weighted by atomic mass is 79.9. The van der Waals surface area contributed by atoms with E-state index in [9.17, 15) is 9.90 Å². The van der Waals surface area contributed by atoms with Crippen molar-refractivity contribution < 1.29 is 9.90 Å². The van der Waals surface area contributed by atoms with Crippen molar-refractivity contribution in [1.29, 1.82) is 0 Å². The smallest absolute Gasteiger partial charge is 0.317 e. The summed E-state index contributed by atoms with van der Waals surface area (Å²) in [5.74, 6) is 1.04. The van der Waals surface area contributed by atoms with E-state index in [1.165, 1.54) is 0 Å². The first-order valence-electron chi connectivity index (χ1n) is 7.71. The van der Waals surface area contributed by atoms with E-state index >= 15 is 0 Å². The number of rotatable bonds is 6. The summed E-state index contributed by atoms with van der Waals surface area (Å²) in [6.45, 7) is 1.96. The first-order valence-corrected chi connectivity index (χ1v) is 8.50. The average molecular weight is 379 g/mol. The molecule has 3 rings (SSSR count). The Balaban J connectivity index is 1.76. The fourth-order valence-electron chi connectivity index (χ4n) is 2.94. The van der Waals surface area contributed by atoms with Crippen LogP contribution in [0.25, 0.3) is 0 Å². The molecule has 1 aromatic carbocycles. The molecular formula is C16H19BrN4O2. The molecule has 0 amide bonds. The molecule has 0 fully saturated rings. The fraction of sp³-hybridized carbons (Fsp3) is 0.438. The molecule has 7 heteroatoms. The minimum Gasteiger partial charge on any atom is -0.480 e. The molecule has 1 aliphatic heterocycles. The number of benzene rings is 1. The molecule has 0 unspecified atom stereocenters. The topological polar surface area (TPSA) is 71.2 Å². The van der Waals surface area contributed by atoms with Gasteiger partial charge in [-0.2, -0.15) is 0 Å². The van der Waals surface area contributed by atoms with Gasteiger partial charge in [0.15, 0.2) is 0 Å². The van der Waals surface area contributed by atoms with Gasteiger partial charge in [-0.15, -0.1) is 10.2 Å². The lowest BCUT2D eigenvalue weighted by Crippen LogP contribution is -2.30. The van der Waals surface area contributed by atoms with Gasteiger partial charge in [0.2, 0.25) is 0 Å². The van der Waals surface area contributed by atoms with Gasteiger partial charge in [-0.3, -0.25) is 9.69 Å². The van der Waals surface area contributed by atoms with Crippen LogP contribution in [-0.4, -0.2) is 37.3 Å². The Labute approximate surface area is 143 Å². The van der Waals surface area contributed by atoms with Crippen molar-refractivity contribution in [1.82, 2.24) is 19.7 Å². The van der Waals surface area contributed by atoms with E-state index in [-0.39, 0.29) is 6.54 Å². The van der Waals surface area contributed by atoms with Crippen LogP contribution < -0.4 is 0 Å². The van der Waals surface area contributed by atoms with Gasteiger partial charge < -0.3 is 9.67 Å². The molecule has 0 atom stereocenters. The van der Waals surface area contributed by atoms with Gasteiger partial charge in [0.1, 0.15) is 11.6 Å². The number of carboxylic acid groups (broad SMARTS) is 1. The zero-order chi connectivity index (χ0) is 16.2. The van der Waals surface area contributed by atoms with Crippen molar-refractivity contribution in [3.63, 3.8) is 0 Å². The van der Waals surface area contributed by atoms with Gasteiger partial charge in [0.05, 0.1) is 13.1 Å². The highest BCUT2D eigenvalue weighted by molar-refractivity contribution is 9.10. The Morgan fingerprint density at radius 3 is 2.96 bits per heavy atom. The third-order valence-corrected chi connectivity index (χ3v) is 4.45. The Bertz CT molecular complexity index is 701. The molecule has 1 aromatic heterocycles. The van der Waals surface area contributed by atoms with Crippen molar-refractivity contribution in [3.8, 4) is 0 Å². The van der Waals surface area contributed by atoms with Crippen LogP contribution in [0.4, 0.5) is 0 Å². The first kappa shape index (κ1) is 16.1. The van der Waals surface area contributed by atoms with Gasteiger partial charge in [0, 0.05) is 24.0 Å². The molecule has 0 aliphatic carbocycles. The van der Waals surface area contributed by atoms with E-state index in [4.69, 9.17) is 0 Å². The average Bonchev–Trinajstić information content (AvgIpc) is 2.90. The predicted molar refractivity (Wildman–Crippen MR) is 88.9 cm³/mol. The Morgan fingerprint density at radius 2 is 2.17 bits per heavy atom. The number of halogens is 1. The zero-order valence-corrected chi connectivity index (χ0v) is 14.4. The van der Waals surface area contributed by atoms with Crippen molar-refractivity contribution in [2.45, 2.75) is 38.9 Å². The van der Waals surface area contributed by atoms with Crippen LogP contribution in [0.3, 0.4) is 0 Å². The maximum Gasteiger partial charge on any atom is 0.317 e. The van der Waals surface area contributed by atoms with Gasteiger partial charge in [-0.05, 0) is 30.5 Å². The summed E-state index contributed by atoms with van der Waals surface area (Å²) in [6.07, 6.45) is 3.23. The summed E-state index contributed by atoms with van der Waals surface area (Å²) in [7, 11) is 0. The molecule has 1 N–H and O–H groups in total. The Morgan fingerprint density at radius 1 is 1.30 bits per heavy atom. The summed E-state index contributed by atoms with van der Waals surface area (Å²) in [5.41, 5.74) is 1.07. The second-order valence-corrected chi connectivity index (χ2v) is 6.73. The number of fused-ring (bicyclic) bond motifs is 1. The third-order valence-electron chi connectivity index (χ3n) is 3.96. The Kier molecular flexibility index (Phi) is 5.07. The second kappa shape index (κ2) is 7.23. The number of aliphatic carboxylic acids is 1. The van der Waals surface area contributed by atoms with Crippen molar-refractivity contribution >= 4 is 21.9 Å². The van der Waals surface area contributed by atoms with E-state index in [0.717, 1.165) is 47.5 Å². The molecule has 0 saturated carbocycles. The Hall–Kier alpha value is -1.73. The molecule has 2 heterocycles. The van der Waals surface area contributed by atoms with Crippen LogP contribution in [-0.2, 0) is 30.8 Å². The number of aromatic nitrogens is 3. The highest BCUT2D eigenvalue weighted by Gasteiger charge is 2.19. The summed E-state index contributed by atoms with van der Waals surface area (Å²) in [6, 6.07) is 7.92. The molecule has 1 aliphatic rings. The number of carbonyl (C=O) groups is 1. The van der Waals surface area contributed by atoms with Gasteiger partial charge in [-0.1, -0.05) is 28.1 Å². The summed E-state index contributed by atoms with van der Waals surface area (Å²) < 4.78 is 3.13. The molecule has 122 valence electrons. The molecule has 23 heavy (non-hydrogen) atoms. The van der Waals surface area contributed by atoms with Gasteiger partial charge in [0.25, 0.3) is 0 Å². The largest absolute Gasteiger partial charge is 0.480 e. The van der Waals surface area contributed by atoms with Crippen molar-refractivity contribution in [2.24, 2.45) is 0 Å². The lowest BCUT2D eigenvalue weighted by atomic mass is 10.1. The molecular weight excluding hydrogens is 360 g/mol. The molecule has 6 nitrogen and oxygen atoms in total. The zero-order valence-electron chi connectivity index (χ0n) is 12.8. The van der Waals surface area contributed by atoms with E-state index in [1.807, 2.05) is 29.2 Å². The number of aryl methyl sites for hydroxylation is 1. The third kappa shape index (κ3) is 4.17. The highest BCUT2D eigenvalue weighted by Crippen LogP contribution is 2.18. The second-order valence-electron chi connectivity index (χ2n) is 5.81. The first-order chi connectivity index (χ1) is 11.1. The molecule has 0 spiro atoms. The van der Waals surface area contributed by atoms with E-state index < -0.39 is 5.97 Å². The van der Waals surface area contributed by atoms with E-state index in [1.54, 1.807) is 0 Å². The lowest BCUT2D eigenvalue weighted by Gasteiger charge is -2.21. The van der Waals surface area contributed by atoms with Gasteiger partial charge in [-0.25, -0.2) is 0 Å². The molecule has 2 aromatic rings. The number of hydrogen-bond acceptors (Lipinski definition) is 4. The number of carboxylic acids is 1. The lowest BCUT2D eigenvalue weighted by molar-refractivity contribution is -0.138. The van der Waals surface area contributed by atoms with Crippen LogP contribution in [0.1, 0.15) is 30.1 Å². The normalized spacial score (nSPS) is 14.0. The maximum absolute atomic E-state index is 11.2. The van der Waals surface area contributed by atoms with Crippen LogP contribution >= 0.6 is 15.9 Å². The monoisotopic (exact) mass is 378 g/mol. The predicted octanol–water partition coefficient (Wildman–Crippen LogP) is 2.46. The van der Waals surface area contributed by atoms with E-state index in [0.29, 0.717) is 13.1 Å². The quantitative estimate of drug-likeness (QED) is 0.835.